The molecule has 0 heterocycles. The summed E-state index contributed by atoms with van der Waals surface area (Å²) < 4.78 is 0. The van der Waals surface area contributed by atoms with E-state index in [1.807, 2.05) is 6.92 Å². The number of aryl methyl sites for hydroxylation is 2. The lowest BCUT2D eigenvalue weighted by atomic mass is 10.1. The molecule has 20 heavy (non-hydrogen) atoms. The summed E-state index contributed by atoms with van der Waals surface area (Å²) in [6.45, 7) is 4.72. The monoisotopic (exact) mass is 270 g/mol. The highest BCUT2D eigenvalue weighted by molar-refractivity contribution is 5.57. The number of nitro groups is 1. The number of nitro benzene ring substituents is 1. The topological polar surface area (TPSA) is 55.2 Å². The maximum absolute atomic E-state index is 10.8. The van der Waals surface area contributed by atoms with Crippen LogP contribution < -0.4 is 5.32 Å². The van der Waals surface area contributed by atoms with Crippen molar-refractivity contribution in [3.05, 3.63) is 69.3 Å². The molecular formula is C16H18N2O2. The molecule has 2 aromatic carbocycles. The summed E-state index contributed by atoms with van der Waals surface area (Å²) in [6, 6.07) is 13.2. The zero-order chi connectivity index (χ0) is 14.5. The number of hydrogen-bond acceptors (Lipinski definition) is 3. The van der Waals surface area contributed by atoms with Crippen LogP contribution in [0.5, 0.6) is 0 Å². The second-order valence-electron chi connectivity index (χ2n) is 4.78. The Morgan fingerprint density at radius 1 is 1.10 bits per heavy atom. The Morgan fingerprint density at radius 3 is 2.35 bits per heavy atom. The highest BCUT2D eigenvalue weighted by atomic mass is 16.6. The molecule has 0 bridgehead atoms. The van der Waals surface area contributed by atoms with Crippen molar-refractivity contribution in [1.82, 2.24) is 0 Å². The molecule has 0 saturated heterocycles. The maximum atomic E-state index is 10.8. The molecule has 0 aliphatic heterocycles. The van der Waals surface area contributed by atoms with Crippen molar-refractivity contribution in [3.8, 4) is 0 Å². The van der Waals surface area contributed by atoms with Crippen LogP contribution in [0, 0.1) is 17.0 Å². The number of nitrogens with one attached hydrogen (secondary N) is 1. The van der Waals surface area contributed by atoms with Crippen molar-refractivity contribution in [1.29, 1.82) is 0 Å². The minimum absolute atomic E-state index is 0.111. The van der Waals surface area contributed by atoms with E-state index in [1.165, 1.54) is 11.6 Å². The van der Waals surface area contributed by atoms with E-state index in [0.717, 1.165) is 23.2 Å². The van der Waals surface area contributed by atoms with Crippen LogP contribution >= 0.6 is 0 Å². The fraction of sp³-hybridized carbons (Fsp3) is 0.250. The maximum Gasteiger partial charge on any atom is 0.271 e. The lowest BCUT2D eigenvalue weighted by molar-refractivity contribution is -0.384. The molecule has 2 aromatic rings. The van der Waals surface area contributed by atoms with E-state index in [-0.39, 0.29) is 10.6 Å². The van der Waals surface area contributed by atoms with Gasteiger partial charge in [-0.05, 0) is 30.0 Å². The van der Waals surface area contributed by atoms with Gasteiger partial charge < -0.3 is 5.32 Å². The quantitative estimate of drug-likeness (QED) is 0.658. The van der Waals surface area contributed by atoms with Gasteiger partial charge in [0.2, 0.25) is 0 Å². The molecule has 0 aliphatic carbocycles. The first-order chi connectivity index (χ1) is 9.60. The third-order valence-corrected chi connectivity index (χ3v) is 3.35. The summed E-state index contributed by atoms with van der Waals surface area (Å²) in [6.07, 6.45) is 1.03. The minimum Gasteiger partial charge on any atom is -0.381 e. The van der Waals surface area contributed by atoms with Crippen LogP contribution in [0.4, 0.5) is 11.4 Å². The van der Waals surface area contributed by atoms with Crippen LogP contribution in [0.3, 0.4) is 0 Å². The van der Waals surface area contributed by atoms with Crippen LogP contribution in [0.1, 0.15) is 23.6 Å². The highest BCUT2D eigenvalue weighted by Gasteiger charge is 2.08. The zero-order valence-electron chi connectivity index (χ0n) is 11.7. The molecule has 0 amide bonds. The van der Waals surface area contributed by atoms with Gasteiger partial charge in [-0.15, -0.1) is 0 Å². The number of hydrogen-bond donors (Lipinski definition) is 1. The average molecular weight is 270 g/mol. The van der Waals surface area contributed by atoms with E-state index >= 15 is 0 Å². The zero-order valence-corrected chi connectivity index (χ0v) is 11.7. The summed E-state index contributed by atoms with van der Waals surface area (Å²) in [7, 11) is 0. The number of nitrogens with zero attached hydrogens (tertiary/aromatic N) is 1. The third-order valence-electron chi connectivity index (χ3n) is 3.35. The fourth-order valence-electron chi connectivity index (χ4n) is 2.00. The van der Waals surface area contributed by atoms with Gasteiger partial charge in [-0.1, -0.05) is 37.3 Å². The summed E-state index contributed by atoms with van der Waals surface area (Å²) in [4.78, 5) is 10.4. The molecule has 2 rings (SSSR count). The number of rotatable bonds is 5. The van der Waals surface area contributed by atoms with Gasteiger partial charge in [-0.25, -0.2) is 0 Å². The summed E-state index contributed by atoms with van der Waals surface area (Å²) in [5.74, 6) is 0. The predicted molar refractivity (Wildman–Crippen MR) is 81.0 cm³/mol. The molecule has 0 aromatic heterocycles. The number of non-ortho nitro benzene ring substituents is 1. The number of benzene rings is 2. The standard InChI is InChI=1S/C16H18N2O2/c1-3-13-5-7-14(8-6-13)11-17-16-10-15(18(19)20)9-4-12(16)2/h4-10,17H,3,11H2,1-2H3. The molecule has 4 nitrogen and oxygen atoms in total. The molecule has 4 heteroatoms. The molecule has 0 atom stereocenters. The molecule has 1 N–H and O–H groups in total. The Kier molecular flexibility index (Phi) is 4.35. The average Bonchev–Trinajstić information content (AvgIpc) is 2.46. The Hall–Kier alpha value is -2.36. The first kappa shape index (κ1) is 14.1. The second kappa shape index (κ2) is 6.19. The van der Waals surface area contributed by atoms with Gasteiger partial charge in [0.1, 0.15) is 0 Å². The largest absolute Gasteiger partial charge is 0.381 e. The van der Waals surface area contributed by atoms with E-state index in [1.54, 1.807) is 12.1 Å². The van der Waals surface area contributed by atoms with Crippen LogP contribution in [0.15, 0.2) is 42.5 Å². The van der Waals surface area contributed by atoms with Crippen molar-refractivity contribution >= 4 is 11.4 Å². The van der Waals surface area contributed by atoms with Crippen molar-refractivity contribution < 1.29 is 4.92 Å². The molecule has 0 fully saturated rings. The molecule has 0 spiro atoms. The fourth-order valence-corrected chi connectivity index (χ4v) is 2.00. The van der Waals surface area contributed by atoms with Gasteiger partial charge in [-0.2, -0.15) is 0 Å². The summed E-state index contributed by atoms with van der Waals surface area (Å²) >= 11 is 0. The molecular weight excluding hydrogens is 252 g/mol. The van der Waals surface area contributed by atoms with Gasteiger partial charge in [0.25, 0.3) is 5.69 Å². The van der Waals surface area contributed by atoms with Crippen LogP contribution in [0.2, 0.25) is 0 Å². The Bertz CT molecular complexity index is 606. The first-order valence-corrected chi connectivity index (χ1v) is 6.67. The van der Waals surface area contributed by atoms with Crippen molar-refractivity contribution in [2.24, 2.45) is 0 Å². The normalized spacial score (nSPS) is 10.3. The molecule has 104 valence electrons. The van der Waals surface area contributed by atoms with Crippen LogP contribution in [-0.2, 0) is 13.0 Å². The van der Waals surface area contributed by atoms with E-state index < -0.39 is 0 Å². The predicted octanol–water partition coefficient (Wildman–Crippen LogP) is 4.08. The summed E-state index contributed by atoms with van der Waals surface area (Å²) in [5, 5.41) is 14.0. The van der Waals surface area contributed by atoms with Crippen molar-refractivity contribution in [2.45, 2.75) is 26.8 Å². The SMILES string of the molecule is CCc1ccc(CNc2cc([N+](=O)[O-])ccc2C)cc1. The van der Waals surface area contributed by atoms with Gasteiger partial charge >= 0.3 is 0 Å². The van der Waals surface area contributed by atoms with E-state index in [4.69, 9.17) is 0 Å². The third kappa shape index (κ3) is 3.35. The van der Waals surface area contributed by atoms with E-state index in [0.29, 0.717) is 6.54 Å². The summed E-state index contributed by atoms with van der Waals surface area (Å²) in [5.41, 5.74) is 4.38. The Balaban J connectivity index is 2.09. The van der Waals surface area contributed by atoms with Crippen LogP contribution in [-0.4, -0.2) is 4.92 Å². The van der Waals surface area contributed by atoms with Gasteiger partial charge in [0, 0.05) is 24.4 Å². The molecule has 0 aliphatic rings. The van der Waals surface area contributed by atoms with E-state index in [9.17, 15) is 10.1 Å². The lowest BCUT2D eigenvalue weighted by Crippen LogP contribution is -2.02. The van der Waals surface area contributed by atoms with E-state index in [2.05, 4.69) is 36.5 Å². The second-order valence-corrected chi connectivity index (χ2v) is 4.78. The Labute approximate surface area is 118 Å². The van der Waals surface area contributed by atoms with Crippen LogP contribution in [0.25, 0.3) is 0 Å². The Morgan fingerprint density at radius 2 is 1.75 bits per heavy atom. The number of anilines is 1. The highest BCUT2D eigenvalue weighted by Crippen LogP contribution is 2.22. The smallest absolute Gasteiger partial charge is 0.271 e. The minimum atomic E-state index is -0.374. The molecule has 0 unspecified atom stereocenters. The van der Waals surface area contributed by atoms with Gasteiger partial charge in [0.15, 0.2) is 0 Å². The van der Waals surface area contributed by atoms with Gasteiger partial charge in [0.05, 0.1) is 4.92 Å². The first-order valence-electron chi connectivity index (χ1n) is 6.67. The van der Waals surface area contributed by atoms with Gasteiger partial charge in [-0.3, -0.25) is 10.1 Å². The van der Waals surface area contributed by atoms with Crippen molar-refractivity contribution in [3.63, 3.8) is 0 Å². The molecule has 0 saturated carbocycles. The lowest BCUT2D eigenvalue weighted by Gasteiger charge is -2.10. The van der Waals surface area contributed by atoms with Crippen molar-refractivity contribution in [2.75, 3.05) is 5.32 Å². The molecule has 0 radical (unpaired) electrons.